The molecule has 1 aliphatic rings. The third-order valence-electron chi connectivity index (χ3n) is 2.93. The first-order valence-corrected chi connectivity index (χ1v) is 5.64. The van der Waals surface area contributed by atoms with Gasteiger partial charge in [-0.25, -0.2) is 4.79 Å². The monoisotopic (exact) mass is 236 g/mol. The molecule has 1 aromatic rings. The molecule has 0 atom stereocenters. The minimum absolute atomic E-state index is 0.0804. The average molecular weight is 236 g/mol. The molecular weight excluding hydrogens is 220 g/mol. The predicted molar refractivity (Wildman–Crippen MR) is 65.3 cm³/mol. The van der Waals surface area contributed by atoms with Crippen LogP contribution >= 0.6 is 0 Å². The standard InChI is InChI=1S/C12H16N2O3/c13-11-7-9(3-4-10(11)12(16)17)14(5-6-15)8-1-2-8/h3-4,7-8,15H,1-2,5-6,13H2,(H,16,17). The molecule has 0 radical (unpaired) electrons. The number of carboxylic acid groups (broad SMARTS) is 1. The highest BCUT2D eigenvalue weighted by atomic mass is 16.4. The Morgan fingerprint density at radius 3 is 2.65 bits per heavy atom. The molecule has 2 rings (SSSR count). The number of nitrogen functional groups attached to an aromatic ring is 1. The van der Waals surface area contributed by atoms with Gasteiger partial charge in [0.25, 0.3) is 0 Å². The van der Waals surface area contributed by atoms with Crippen molar-refractivity contribution in [2.75, 3.05) is 23.8 Å². The molecule has 92 valence electrons. The number of hydrogen-bond acceptors (Lipinski definition) is 4. The number of aliphatic hydroxyl groups is 1. The molecule has 0 unspecified atom stereocenters. The first-order valence-electron chi connectivity index (χ1n) is 5.64. The fourth-order valence-corrected chi connectivity index (χ4v) is 1.94. The smallest absolute Gasteiger partial charge is 0.337 e. The molecule has 5 heteroatoms. The number of rotatable bonds is 5. The maximum atomic E-state index is 10.8. The van der Waals surface area contributed by atoms with Crippen LogP contribution in [0, 0.1) is 0 Å². The molecule has 5 nitrogen and oxygen atoms in total. The summed E-state index contributed by atoms with van der Waals surface area (Å²) in [5, 5.41) is 17.9. The van der Waals surface area contributed by atoms with Gasteiger partial charge in [0.1, 0.15) is 0 Å². The van der Waals surface area contributed by atoms with E-state index in [4.69, 9.17) is 15.9 Å². The second kappa shape index (κ2) is 4.63. The van der Waals surface area contributed by atoms with Crippen LogP contribution in [0.5, 0.6) is 0 Å². The van der Waals surface area contributed by atoms with Gasteiger partial charge in [0.15, 0.2) is 0 Å². The zero-order chi connectivity index (χ0) is 12.4. The van der Waals surface area contributed by atoms with Crippen molar-refractivity contribution in [2.45, 2.75) is 18.9 Å². The predicted octanol–water partition coefficient (Wildman–Crippen LogP) is 0.928. The lowest BCUT2D eigenvalue weighted by molar-refractivity contribution is 0.0698. The van der Waals surface area contributed by atoms with E-state index in [1.54, 1.807) is 12.1 Å². The average Bonchev–Trinajstić information content (AvgIpc) is 3.09. The Bertz CT molecular complexity index is 430. The van der Waals surface area contributed by atoms with Gasteiger partial charge >= 0.3 is 5.97 Å². The molecule has 17 heavy (non-hydrogen) atoms. The summed E-state index contributed by atoms with van der Waals surface area (Å²) in [6.45, 7) is 0.633. The van der Waals surface area contributed by atoms with E-state index in [-0.39, 0.29) is 17.9 Å². The van der Waals surface area contributed by atoms with Crippen molar-refractivity contribution in [3.63, 3.8) is 0 Å². The Balaban J connectivity index is 2.25. The van der Waals surface area contributed by atoms with Crippen molar-refractivity contribution < 1.29 is 15.0 Å². The van der Waals surface area contributed by atoms with Crippen LogP contribution in [0.1, 0.15) is 23.2 Å². The largest absolute Gasteiger partial charge is 0.478 e. The summed E-state index contributed by atoms with van der Waals surface area (Å²) < 4.78 is 0. The number of benzene rings is 1. The summed E-state index contributed by atoms with van der Waals surface area (Å²) in [5.41, 5.74) is 6.97. The number of nitrogens with two attached hydrogens (primary N) is 1. The highest BCUT2D eigenvalue weighted by Crippen LogP contribution is 2.32. The highest BCUT2D eigenvalue weighted by Gasteiger charge is 2.29. The molecular formula is C12H16N2O3. The van der Waals surface area contributed by atoms with E-state index < -0.39 is 5.97 Å². The maximum Gasteiger partial charge on any atom is 0.337 e. The van der Waals surface area contributed by atoms with Crippen molar-refractivity contribution in [3.05, 3.63) is 23.8 Å². The van der Waals surface area contributed by atoms with E-state index >= 15 is 0 Å². The Morgan fingerprint density at radius 2 is 2.18 bits per heavy atom. The molecule has 0 bridgehead atoms. The van der Waals surface area contributed by atoms with Crippen LogP contribution < -0.4 is 10.6 Å². The van der Waals surface area contributed by atoms with Crippen molar-refractivity contribution in [3.8, 4) is 0 Å². The van der Waals surface area contributed by atoms with Crippen molar-refractivity contribution in [2.24, 2.45) is 0 Å². The first kappa shape index (κ1) is 11.7. The molecule has 0 amide bonds. The topological polar surface area (TPSA) is 86.8 Å². The van der Waals surface area contributed by atoms with E-state index in [1.165, 1.54) is 6.07 Å². The molecule has 1 fully saturated rings. The van der Waals surface area contributed by atoms with Gasteiger partial charge in [-0.2, -0.15) is 0 Å². The van der Waals surface area contributed by atoms with Gasteiger partial charge in [0.2, 0.25) is 0 Å². The van der Waals surface area contributed by atoms with Crippen molar-refractivity contribution in [1.82, 2.24) is 0 Å². The van der Waals surface area contributed by atoms with E-state index in [9.17, 15) is 4.79 Å². The number of hydrogen-bond donors (Lipinski definition) is 3. The Labute approximate surface area is 99.5 Å². The quantitative estimate of drug-likeness (QED) is 0.662. The van der Waals surface area contributed by atoms with Gasteiger partial charge in [-0.1, -0.05) is 0 Å². The SMILES string of the molecule is Nc1cc(N(CCO)C2CC2)ccc1C(=O)O. The Morgan fingerprint density at radius 1 is 1.47 bits per heavy atom. The number of anilines is 2. The number of carboxylic acids is 1. The van der Waals surface area contributed by atoms with Crippen molar-refractivity contribution >= 4 is 17.3 Å². The zero-order valence-electron chi connectivity index (χ0n) is 9.47. The lowest BCUT2D eigenvalue weighted by Gasteiger charge is -2.24. The maximum absolute atomic E-state index is 10.8. The minimum atomic E-state index is -1.02. The summed E-state index contributed by atoms with van der Waals surface area (Å²) in [6, 6.07) is 5.38. The molecule has 0 aromatic heterocycles. The number of nitrogens with zero attached hydrogens (tertiary/aromatic N) is 1. The molecule has 0 spiro atoms. The highest BCUT2D eigenvalue weighted by molar-refractivity contribution is 5.94. The van der Waals surface area contributed by atoms with Crippen LogP contribution in [0.15, 0.2) is 18.2 Å². The number of aromatic carboxylic acids is 1. The number of aliphatic hydroxyl groups excluding tert-OH is 1. The van der Waals surface area contributed by atoms with Gasteiger partial charge in [0.05, 0.1) is 12.2 Å². The summed E-state index contributed by atoms with van der Waals surface area (Å²) >= 11 is 0. The van der Waals surface area contributed by atoms with Crippen LogP contribution in [0.3, 0.4) is 0 Å². The second-order valence-corrected chi connectivity index (χ2v) is 4.22. The van der Waals surface area contributed by atoms with Crippen LogP contribution in [0.4, 0.5) is 11.4 Å². The van der Waals surface area contributed by atoms with Gasteiger partial charge in [-0.3, -0.25) is 0 Å². The third-order valence-corrected chi connectivity index (χ3v) is 2.93. The lowest BCUT2D eigenvalue weighted by Crippen LogP contribution is -2.29. The number of carbonyl (C=O) groups is 1. The normalized spacial score (nSPS) is 14.6. The second-order valence-electron chi connectivity index (χ2n) is 4.22. The van der Waals surface area contributed by atoms with Gasteiger partial charge in [0, 0.05) is 24.0 Å². The molecule has 1 aliphatic carbocycles. The lowest BCUT2D eigenvalue weighted by atomic mass is 10.1. The van der Waals surface area contributed by atoms with Crippen LogP contribution in [0.2, 0.25) is 0 Å². The van der Waals surface area contributed by atoms with Gasteiger partial charge < -0.3 is 20.8 Å². The summed E-state index contributed by atoms with van der Waals surface area (Å²) in [6.07, 6.45) is 2.22. The molecule has 0 heterocycles. The summed E-state index contributed by atoms with van der Waals surface area (Å²) in [4.78, 5) is 12.9. The van der Waals surface area contributed by atoms with E-state index in [1.807, 2.05) is 0 Å². The molecule has 1 saturated carbocycles. The Hall–Kier alpha value is -1.75. The van der Waals surface area contributed by atoms with Gasteiger partial charge in [-0.15, -0.1) is 0 Å². The van der Waals surface area contributed by atoms with Crippen molar-refractivity contribution in [1.29, 1.82) is 0 Å². The summed E-state index contributed by atoms with van der Waals surface area (Å²) in [5.74, 6) is -1.02. The van der Waals surface area contributed by atoms with Crippen LogP contribution in [-0.2, 0) is 0 Å². The Kier molecular flexibility index (Phi) is 3.19. The summed E-state index contributed by atoms with van der Waals surface area (Å²) in [7, 11) is 0. The fraction of sp³-hybridized carbons (Fsp3) is 0.417. The molecule has 4 N–H and O–H groups in total. The van der Waals surface area contributed by atoms with Gasteiger partial charge in [-0.05, 0) is 31.0 Å². The fourth-order valence-electron chi connectivity index (χ4n) is 1.94. The molecule has 0 aliphatic heterocycles. The molecule has 0 saturated heterocycles. The third kappa shape index (κ3) is 2.50. The zero-order valence-corrected chi connectivity index (χ0v) is 9.47. The van der Waals surface area contributed by atoms with Crippen LogP contribution in [-0.4, -0.2) is 35.4 Å². The minimum Gasteiger partial charge on any atom is -0.478 e. The van der Waals surface area contributed by atoms with Crippen LogP contribution in [0.25, 0.3) is 0 Å². The van der Waals surface area contributed by atoms with E-state index in [0.717, 1.165) is 18.5 Å². The first-order chi connectivity index (χ1) is 8.13. The van der Waals surface area contributed by atoms with E-state index in [2.05, 4.69) is 4.90 Å². The molecule has 1 aromatic carbocycles. The van der Waals surface area contributed by atoms with E-state index in [0.29, 0.717) is 12.6 Å².